The van der Waals surface area contributed by atoms with Crippen LogP contribution in [0.25, 0.3) is 0 Å². The van der Waals surface area contributed by atoms with Crippen LogP contribution >= 0.6 is 11.8 Å². The van der Waals surface area contributed by atoms with E-state index < -0.39 is 28.2 Å². The van der Waals surface area contributed by atoms with E-state index in [1.54, 1.807) is 33.7 Å². The molecule has 46 heavy (non-hydrogen) atoms. The lowest BCUT2D eigenvalue weighted by Gasteiger charge is -2.47. The molecule has 0 radical (unpaired) electrons. The van der Waals surface area contributed by atoms with Crippen LogP contribution in [0.5, 0.6) is 5.75 Å². The van der Waals surface area contributed by atoms with Crippen molar-refractivity contribution in [2.75, 3.05) is 37.7 Å². The van der Waals surface area contributed by atoms with Crippen LogP contribution in [0.1, 0.15) is 74.1 Å². The predicted molar refractivity (Wildman–Crippen MR) is 187 cm³/mol. The molecule has 0 saturated carbocycles. The average molecular weight is 654 g/mol. The molecule has 3 amide bonds. The molecule has 6 atom stereocenters. The molecular formula is C37H55N3O5S. The van der Waals surface area contributed by atoms with Crippen molar-refractivity contribution >= 4 is 35.2 Å². The minimum atomic E-state index is -0.728. The summed E-state index contributed by atoms with van der Waals surface area (Å²) < 4.78 is 4.89. The Labute approximate surface area is 280 Å². The summed E-state index contributed by atoms with van der Waals surface area (Å²) in [5.41, 5.74) is 0.200. The van der Waals surface area contributed by atoms with E-state index in [0.29, 0.717) is 39.1 Å². The first-order valence-electron chi connectivity index (χ1n) is 16.8. The fourth-order valence-corrected chi connectivity index (χ4v) is 11.0. The molecule has 3 aliphatic heterocycles. The van der Waals surface area contributed by atoms with E-state index in [9.17, 15) is 14.7 Å². The molecule has 4 rings (SSSR count). The van der Waals surface area contributed by atoms with Crippen molar-refractivity contribution in [3.05, 3.63) is 49.6 Å². The molecule has 3 heterocycles. The molecule has 3 fully saturated rings. The molecule has 3 unspecified atom stereocenters. The van der Waals surface area contributed by atoms with Gasteiger partial charge in [-0.05, 0) is 82.1 Å². The first-order valence-corrected chi connectivity index (χ1v) is 17.7. The Morgan fingerprint density at radius 1 is 1.09 bits per heavy atom. The van der Waals surface area contributed by atoms with Crippen LogP contribution in [0.2, 0.25) is 0 Å². The number of anilines is 1. The van der Waals surface area contributed by atoms with Crippen molar-refractivity contribution in [1.29, 1.82) is 0 Å². The minimum Gasteiger partial charge on any atom is -0.494 e. The highest BCUT2D eigenvalue weighted by molar-refractivity contribution is 8.02. The fraction of sp³-hybridized carbons (Fsp3) is 0.649. The Morgan fingerprint density at radius 2 is 1.74 bits per heavy atom. The summed E-state index contributed by atoms with van der Waals surface area (Å²) in [6.07, 6.45) is 6.12. The summed E-state index contributed by atoms with van der Waals surface area (Å²) in [5.74, 6) is -0.683. The smallest absolute Gasteiger partial charge is 0.247 e. The number of benzene rings is 1. The number of unbranched alkanes of at least 4 members (excludes halogenated alkanes) is 1. The summed E-state index contributed by atoms with van der Waals surface area (Å²) in [6.45, 7) is 24.3. The second kappa shape index (κ2) is 14.1. The quantitative estimate of drug-likeness (QED) is 0.186. The van der Waals surface area contributed by atoms with Crippen LogP contribution in [-0.2, 0) is 14.4 Å². The van der Waals surface area contributed by atoms with Crippen LogP contribution in [-0.4, -0.2) is 87.1 Å². The van der Waals surface area contributed by atoms with Gasteiger partial charge in [-0.1, -0.05) is 39.8 Å². The van der Waals surface area contributed by atoms with Gasteiger partial charge in [-0.2, -0.15) is 0 Å². The molecule has 2 bridgehead atoms. The minimum absolute atomic E-state index is 0.0172. The first-order chi connectivity index (χ1) is 21.7. The van der Waals surface area contributed by atoms with Crippen molar-refractivity contribution in [3.8, 4) is 5.75 Å². The molecule has 9 heteroatoms. The van der Waals surface area contributed by atoms with Crippen LogP contribution in [0.15, 0.2) is 49.6 Å². The van der Waals surface area contributed by atoms with E-state index in [0.717, 1.165) is 24.3 Å². The van der Waals surface area contributed by atoms with Crippen molar-refractivity contribution in [2.45, 2.75) is 95.7 Å². The largest absolute Gasteiger partial charge is 0.494 e. The topological polar surface area (TPSA) is 90.4 Å². The van der Waals surface area contributed by atoms with Gasteiger partial charge in [0.1, 0.15) is 11.8 Å². The molecule has 1 aromatic rings. The Morgan fingerprint density at radius 3 is 2.30 bits per heavy atom. The van der Waals surface area contributed by atoms with E-state index in [1.165, 1.54) is 0 Å². The SMILES string of the molecule is C=CCN(C(=O)[C@@H]1[C@H]2C(=O)N(CCCCO)C(C(=O)N(CC=C)C(C)(C)CC(C)(C)C)C23S[C@@H]1CC3C)c1ccc(OCC)cc1. The lowest BCUT2D eigenvalue weighted by molar-refractivity contribution is -0.146. The van der Waals surface area contributed by atoms with E-state index in [2.05, 4.69) is 54.7 Å². The van der Waals surface area contributed by atoms with Crippen molar-refractivity contribution in [1.82, 2.24) is 9.80 Å². The lowest BCUT2D eigenvalue weighted by Crippen LogP contribution is -2.61. The third-order valence-electron chi connectivity index (χ3n) is 9.88. The number of aliphatic hydroxyl groups is 1. The zero-order valence-electron chi connectivity index (χ0n) is 29.0. The van der Waals surface area contributed by atoms with Crippen LogP contribution < -0.4 is 9.64 Å². The van der Waals surface area contributed by atoms with Crippen molar-refractivity contribution < 1.29 is 24.2 Å². The number of likely N-dealkylation sites (tertiary alicyclic amines) is 1. The fourth-order valence-electron chi connectivity index (χ4n) is 8.54. The van der Waals surface area contributed by atoms with Gasteiger partial charge < -0.3 is 24.5 Å². The maximum atomic E-state index is 15.0. The van der Waals surface area contributed by atoms with Crippen LogP contribution in [0, 0.1) is 23.2 Å². The Balaban J connectivity index is 1.78. The first kappa shape index (κ1) is 36.1. The Kier molecular flexibility index (Phi) is 11.1. The summed E-state index contributed by atoms with van der Waals surface area (Å²) >= 11 is 1.70. The number of ether oxygens (including phenoxy) is 1. The standard InChI is InChI=1S/C37H55N3O5S/c1-10-19-38(26-15-17-27(18-16-26)45-12-3)32(42)29-28-23-25(4)37(46-28)30(29)33(43)39(21-13-14-22-41)31(37)34(44)40(20-11-2)36(8,9)24-35(5,6)7/h10-11,15-18,25,28-31,41H,1-2,12-14,19-24H2,3-9H3/t25?,28-,29+,30+,31?,37?/m1/s1. The number of thioether (sulfide) groups is 1. The molecule has 0 aromatic heterocycles. The molecule has 3 aliphatic rings. The normalized spacial score (nSPS) is 27.0. The van der Waals surface area contributed by atoms with Crippen LogP contribution in [0.4, 0.5) is 5.69 Å². The number of fused-ring (bicyclic) bond motifs is 1. The van der Waals surface area contributed by atoms with E-state index in [1.807, 2.05) is 36.1 Å². The summed E-state index contributed by atoms with van der Waals surface area (Å²) in [7, 11) is 0. The van der Waals surface area contributed by atoms with Gasteiger partial charge in [-0.3, -0.25) is 14.4 Å². The van der Waals surface area contributed by atoms with E-state index >= 15 is 4.79 Å². The third kappa shape index (κ3) is 6.64. The van der Waals surface area contributed by atoms with Gasteiger partial charge in [0, 0.05) is 42.7 Å². The molecule has 1 N–H and O–H groups in total. The number of amides is 3. The zero-order chi connectivity index (χ0) is 34.0. The highest BCUT2D eigenvalue weighted by Gasteiger charge is 2.76. The maximum absolute atomic E-state index is 15.0. The van der Waals surface area contributed by atoms with E-state index in [4.69, 9.17) is 4.74 Å². The highest BCUT2D eigenvalue weighted by Crippen LogP contribution is 2.69. The lowest BCUT2D eigenvalue weighted by atomic mass is 9.65. The van der Waals surface area contributed by atoms with Gasteiger partial charge in [0.05, 0.1) is 23.2 Å². The number of hydrogen-bond acceptors (Lipinski definition) is 6. The van der Waals surface area contributed by atoms with Gasteiger partial charge in [-0.15, -0.1) is 24.9 Å². The van der Waals surface area contributed by atoms with Gasteiger partial charge in [0.15, 0.2) is 0 Å². The van der Waals surface area contributed by atoms with Gasteiger partial charge in [0.25, 0.3) is 0 Å². The van der Waals surface area contributed by atoms with E-state index in [-0.39, 0.29) is 40.9 Å². The molecule has 1 aromatic carbocycles. The highest BCUT2D eigenvalue weighted by atomic mass is 32.2. The number of carbonyl (C=O) groups is 3. The second-order valence-electron chi connectivity index (χ2n) is 15.0. The Bertz CT molecular complexity index is 1290. The van der Waals surface area contributed by atoms with Gasteiger partial charge in [0.2, 0.25) is 17.7 Å². The van der Waals surface area contributed by atoms with Crippen molar-refractivity contribution in [2.24, 2.45) is 23.2 Å². The van der Waals surface area contributed by atoms with Crippen LogP contribution in [0.3, 0.4) is 0 Å². The number of carbonyl (C=O) groups excluding carboxylic acids is 3. The summed E-state index contributed by atoms with van der Waals surface area (Å²) in [6, 6.07) is 6.75. The molecular weight excluding hydrogens is 598 g/mol. The molecule has 0 aliphatic carbocycles. The molecule has 1 spiro atoms. The van der Waals surface area contributed by atoms with Gasteiger partial charge >= 0.3 is 0 Å². The number of hydrogen-bond donors (Lipinski definition) is 1. The predicted octanol–water partition coefficient (Wildman–Crippen LogP) is 5.94. The average Bonchev–Trinajstić information content (AvgIpc) is 3.57. The zero-order valence-corrected chi connectivity index (χ0v) is 29.8. The molecule has 254 valence electrons. The molecule has 8 nitrogen and oxygen atoms in total. The van der Waals surface area contributed by atoms with Gasteiger partial charge in [-0.25, -0.2) is 0 Å². The monoisotopic (exact) mass is 653 g/mol. The Hall–Kier alpha value is -2.78. The number of aliphatic hydroxyl groups excluding tert-OH is 1. The van der Waals surface area contributed by atoms with Crippen molar-refractivity contribution in [3.63, 3.8) is 0 Å². The number of rotatable bonds is 15. The number of nitrogens with zero attached hydrogens (tertiary/aromatic N) is 3. The summed E-state index contributed by atoms with van der Waals surface area (Å²) in [5, 5.41) is 9.51. The summed E-state index contributed by atoms with van der Waals surface area (Å²) in [4.78, 5) is 49.8. The molecule has 3 saturated heterocycles. The third-order valence-corrected chi connectivity index (χ3v) is 12.0. The maximum Gasteiger partial charge on any atom is 0.247 e. The second-order valence-corrected chi connectivity index (χ2v) is 16.5.